The molecule has 4 heterocycles. The third kappa shape index (κ3) is 17.1. The molecule has 33 heteroatoms. The van der Waals surface area contributed by atoms with Crippen LogP contribution < -0.4 is 95.4 Å². The van der Waals surface area contributed by atoms with Crippen LogP contribution in [0.1, 0.15) is 59.8 Å². The summed E-state index contributed by atoms with van der Waals surface area (Å²) in [6.45, 7) is 1.19. The van der Waals surface area contributed by atoms with E-state index in [9.17, 15) is 49.5 Å². The number of phenols is 4. The highest BCUT2D eigenvalue weighted by molar-refractivity contribution is 9.10. The topological polar surface area (TPSA) is 366 Å². The van der Waals surface area contributed by atoms with Crippen molar-refractivity contribution >= 4 is 68.3 Å². The number of halogens is 1. The number of benzene rings is 8. The Hall–Kier alpha value is -12.5. The Bertz CT molecular complexity index is 4690. The molecule has 0 spiro atoms. The van der Waals surface area contributed by atoms with Crippen LogP contribution in [0.5, 0.6) is 115 Å². The average Bonchev–Trinajstić information content (AvgIpc) is 0.745. The smallest absolute Gasteiger partial charge is 0.332 e. The molecule has 1 unspecified atom stereocenters. The van der Waals surface area contributed by atoms with Gasteiger partial charge in [0.25, 0.3) is 5.91 Å². The number of esters is 1. The molecule has 8 aromatic rings. The van der Waals surface area contributed by atoms with Gasteiger partial charge in [0.05, 0.1) is 186 Å². The second kappa shape index (κ2) is 38.2. The van der Waals surface area contributed by atoms with E-state index < -0.39 is 34.9 Å². The zero-order valence-corrected chi connectivity index (χ0v) is 67.3. The molecule has 4 aliphatic rings. The van der Waals surface area contributed by atoms with E-state index in [1.807, 2.05) is 12.1 Å². The number of aliphatic hydroxyl groups excluding tert-OH is 1. The Balaban J connectivity index is 0.000000175. The van der Waals surface area contributed by atoms with Crippen LogP contribution in [0.4, 0.5) is 22.7 Å². The van der Waals surface area contributed by atoms with Crippen molar-refractivity contribution < 1.29 is 135 Å². The molecule has 0 radical (unpaired) electrons. The summed E-state index contributed by atoms with van der Waals surface area (Å²) in [7, 11) is 23.9. The van der Waals surface area contributed by atoms with Gasteiger partial charge >= 0.3 is 5.97 Å². The summed E-state index contributed by atoms with van der Waals surface area (Å²) < 4.78 is 95.2. The zero-order valence-electron chi connectivity index (χ0n) is 65.7. The number of carbonyl (C=O) groups excluding carboxylic acids is 5. The summed E-state index contributed by atoms with van der Waals surface area (Å²) in [5, 5.41) is 50.3. The summed E-state index contributed by atoms with van der Waals surface area (Å²) in [6.07, 6.45) is -0.621. The number of aromatic hydroxyl groups is 4. The molecule has 4 fully saturated rings. The number of rotatable bonds is 29. The summed E-state index contributed by atoms with van der Waals surface area (Å²) in [6, 6.07) is 31.8. The van der Waals surface area contributed by atoms with Crippen LogP contribution in [0.3, 0.4) is 0 Å². The molecule has 0 saturated carbocycles. The van der Waals surface area contributed by atoms with Gasteiger partial charge in [0, 0.05) is 48.5 Å². The van der Waals surface area contributed by atoms with E-state index in [0.717, 1.165) is 11.1 Å². The monoisotopic (exact) mass is 1650 g/mol. The van der Waals surface area contributed by atoms with Crippen molar-refractivity contribution in [3.8, 4) is 115 Å². The van der Waals surface area contributed by atoms with Gasteiger partial charge in [-0.1, -0.05) is 40.2 Å². The highest BCUT2D eigenvalue weighted by Crippen LogP contribution is 2.54. The van der Waals surface area contributed by atoms with Crippen LogP contribution in [0.25, 0.3) is 0 Å². The summed E-state index contributed by atoms with van der Waals surface area (Å²) in [5.74, 6) is 4.45. The fourth-order valence-electron chi connectivity index (χ4n) is 13.5. The van der Waals surface area contributed by atoms with Gasteiger partial charge in [0.15, 0.2) is 98.1 Å². The van der Waals surface area contributed by atoms with Crippen molar-refractivity contribution in [3.63, 3.8) is 0 Å². The molecule has 0 aromatic heterocycles. The quantitative estimate of drug-likeness (QED) is 0.0165. The molecule has 610 valence electrons. The number of β-lactam (4-membered cyclic amide) rings is 4. The van der Waals surface area contributed by atoms with Crippen LogP contribution in [0.2, 0.25) is 0 Å². The first kappa shape index (κ1) is 85.5. The number of anilines is 4. The van der Waals surface area contributed by atoms with Crippen molar-refractivity contribution in [2.45, 2.75) is 48.4 Å². The first-order chi connectivity index (χ1) is 54.9. The third-order valence-corrected chi connectivity index (χ3v) is 19.9. The van der Waals surface area contributed by atoms with Crippen molar-refractivity contribution in [2.75, 3.05) is 153 Å². The van der Waals surface area contributed by atoms with Gasteiger partial charge in [-0.2, -0.15) is 0 Å². The lowest BCUT2D eigenvalue weighted by atomic mass is 9.82. The molecule has 114 heavy (non-hydrogen) atoms. The van der Waals surface area contributed by atoms with Crippen molar-refractivity contribution in [2.24, 2.45) is 5.92 Å². The minimum absolute atomic E-state index is 0.0129. The van der Waals surface area contributed by atoms with E-state index in [-0.39, 0.29) is 84.3 Å². The minimum Gasteiger partial charge on any atom is -0.504 e. The summed E-state index contributed by atoms with van der Waals surface area (Å²) in [5.41, 5.74) is 5.07. The molecule has 4 amide bonds. The van der Waals surface area contributed by atoms with Crippen molar-refractivity contribution in [3.05, 3.63) is 144 Å². The first-order valence-corrected chi connectivity index (χ1v) is 35.8. The van der Waals surface area contributed by atoms with Gasteiger partial charge in [-0.3, -0.25) is 24.1 Å². The predicted octanol–water partition coefficient (Wildman–Crippen LogP) is 10.8. The zero-order chi connectivity index (χ0) is 83.1. The highest BCUT2D eigenvalue weighted by Gasteiger charge is 2.53. The number of ether oxygens (including phenoxy) is 18. The minimum atomic E-state index is -0.971. The SMILES string of the molecule is CCOC(=O)CO[C@H]1C(=O)N(c2cc(OC)c(OC)c(OC)c2)[C@H]1c1ccc(OC)c(O)c1.COc1ccc(C2[C@H](Br)C(=O)N2c2cc(OC)c(OC)c(OC)c2)cc1O.COc1ccc([C@H]2CC(=O)N2c2cc(OC)c(OC)c(OC)c2)cc1O.COc1ccc([C@H]2[C@@H](CO)C(=O)N2c2cc(OC)c(OC)c(OC)c2)cc1O. The Morgan fingerprint density at radius 3 is 0.956 bits per heavy atom. The molecule has 32 nitrogen and oxygen atoms in total. The number of nitrogens with zero attached hydrogens (tertiary/aromatic N) is 4. The average molecular weight is 1650 g/mol. The van der Waals surface area contributed by atoms with Crippen molar-refractivity contribution in [1.82, 2.24) is 0 Å². The number of hydrogen-bond donors (Lipinski definition) is 5. The maximum atomic E-state index is 13.1. The lowest BCUT2D eigenvalue weighted by Gasteiger charge is -2.47. The molecule has 12 rings (SSSR count). The van der Waals surface area contributed by atoms with Crippen LogP contribution in [-0.2, 0) is 33.4 Å². The number of methoxy groups -OCH3 is 16. The third-order valence-electron chi connectivity index (χ3n) is 19.1. The van der Waals surface area contributed by atoms with E-state index in [1.54, 1.807) is 114 Å². The van der Waals surface area contributed by atoms with Crippen LogP contribution >= 0.6 is 15.9 Å². The van der Waals surface area contributed by atoms with Gasteiger partial charge in [-0.05, 0) is 77.7 Å². The van der Waals surface area contributed by atoms with E-state index in [0.29, 0.717) is 127 Å². The van der Waals surface area contributed by atoms with Crippen LogP contribution in [0.15, 0.2) is 121 Å². The standard InChI is InChI=1S/C23H27NO9.C20H23NO7.C19H20BrNO6.C19H21NO6/c1-6-32-19(26)12-33-22-20(13-7-8-16(28-2)15(25)9-13)24(23(22)27)14-10-17(29-3)21(31-5)18(11-14)30-4;1-25-15-6-5-11(7-14(15)23)18-13(10-22)20(24)21(18)12-8-16(26-2)19(28-4)17(9-12)27-3;1-24-13-6-5-10(7-12(13)22)17-16(20)19(23)21(17)11-8-14(25-2)18(27-4)15(9-11)26-3;1-23-15-6-5-11(7-14(15)21)13-10-18(22)20(13)12-8-16(24-2)19(26-4)17(9-12)25-3/h7-11,20,22,25H,6,12H2,1-5H3;5-9,13,18,22-23H,10H2,1-4H3;5-9,16-17,22H,1-4H3;5-9,13,21H,10H2,1-4H3/t20-,22+;13-,18+;16-,17?;13-/m0101/s1. The largest absolute Gasteiger partial charge is 0.504 e. The second-order valence-electron chi connectivity index (χ2n) is 24.9. The van der Waals surface area contributed by atoms with E-state index >= 15 is 0 Å². The Labute approximate surface area is 666 Å². The molecule has 5 N–H and O–H groups in total. The van der Waals surface area contributed by atoms with Crippen LogP contribution in [0, 0.1) is 5.92 Å². The molecular formula is C81H91BrN4O28. The van der Waals surface area contributed by atoms with E-state index in [1.165, 1.54) is 136 Å². The van der Waals surface area contributed by atoms with Crippen LogP contribution in [-0.4, -0.2) is 200 Å². The number of amides is 4. The fourth-order valence-corrected chi connectivity index (χ4v) is 14.2. The van der Waals surface area contributed by atoms with Gasteiger partial charge < -0.3 is 125 Å². The molecule has 7 atom stereocenters. The Morgan fingerprint density at radius 2 is 0.658 bits per heavy atom. The van der Waals surface area contributed by atoms with Crippen molar-refractivity contribution in [1.29, 1.82) is 0 Å². The van der Waals surface area contributed by atoms with E-state index in [4.69, 9.17) is 85.3 Å². The number of aliphatic hydroxyl groups is 1. The lowest BCUT2D eigenvalue weighted by molar-refractivity contribution is -0.157. The number of phenolic OH excluding ortho intramolecular Hbond substituents is 4. The highest BCUT2D eigenvalue weighted by atomic mass is 79.9. The molecular weight excluding hydrogens is 1560 g/mol. The van der Waals surface area contributed by atoms with Gasteiger partial charge in [0.2, 0.25) is 40.7 Å². The summed E-state index contributed by atoms with van der Waals surface area (Å²) in [4.78, 5) is 68.4. The molecule has 4 saturated heterocycles. The molecule has 0 bridgehead atoms. The number of carbonyl (C=O) groups is 5. The first-order valence-electron chi connectivity index (χ1n) is 34.9. The van der Waals surface area contributed by atoms with Gasteiger partial charge in [0.1, 0.15) is 11.4 Å². The van der Waals surface area contributed by atoms with Gasteiger partial charge in [-0.25, -0.2) is 4.79 Å². The number of hydrogen-bond acceptors (Lipinski definition) is 28. The normalized spacial score (nSPS) is 17.6. The lowest BCUT2D eigenvalue weighted by Crippen LogP contribution is -2.60. The van der Waals surface area contributed by atoms with Gasteiger partial charge in [-0.15, -0.1) is 0 Å². The maximum absolute atomic E-state index is 13.1. The summed E-state index contributed by atoms with van der Waals surface area (Å²) >= 11 is 3.43. The molecule has 4 aliphatic heterocycles. The second-order valence-corrected chi connectivity index (χ2v) is 25.9. The number of alkyl halides is 1. The van der Waals surface area contributed by atoms with E-state index in [2.05, 4.69) is 15.9 Å². The predicted molar refractivity (Wildman–Crippen MR) is 418 cm³/mol. The fraction of sp³-hybridized carbons (Fsp3) is 0.346. The Kier molecular flexibility index (Phi) is 28.6. The Morgan fingerprint density at radius 1 is 0.368 bits per heavy atom. The molecule has 8 aromatic carbocycles. The molecule has 0 aliphatic carbocycles. The maximum Gasteiger partial charge on any atom is 0.332 e.